The van der Waals surface area contributed by atoms with Gasteiger partial charge >= 0.3 is 0 Å². The Labute approximate surface area is 175 Å². The second-order valence-electron chi connectivity index (χ2n) is 6.77. The number of guanidine groups is 1. The molecule has 6 heteroatoms. The van der Waals surface area contributed by atoms with Crippen LogP contribution in [0.2, 0.25) is 0 Å². The maximum absolute atomic E-state index is 11.8. The molecule has 0 aromatic heterocycles. The van der Waals surface area contributed by atoms with E-state index in [2.05, 4.69) is 48.6 Å². The molecule has 0 radical (unpaired) electrons. The predicted octanol–water partition coefficient (Wildman–Crippen LogP) is 3.93. The van der Waals surface area contributed by atoms with Gasteiger partial charge in [-0.25, -0.2) is 4.99 Å². The van der Waals surface area contributed by atoms with Crippen LogP contribution >= 0.6 is 24.0 Å². The lowest BCUT2D eigenvalue weighted by Gasteiger charge is -2.18. The van der Waals surface area contributed by atoms with Crippen molar-refractivity contribution in [3.8, 4) is 0 Å². The van der Waals surface area contributed by atoms with Gasteiger partial charge in [-0.3, -0.25) is 4.79 Å². The van der Waals surface area contributed by atoms with Crippen LogP contribution in [0.4, 0.5) is 0 Å². The molecule has 3 N–H and O–H groups in total. The highest BCUT2D eigenvalue weighted by Crippen LogP contribution is 2.07. The van der Waals surface area contributed by atoms with Gasteiger partial charge in [0.2, 0.25) is 0 Å². The van der Waals surface area contributed by atoms with Crippen LogP contribution in [0.15, 0.2) is 29.3 Å². The Morgan fingerprint density at radius 1 is 1.00 bits per heavy atom. The van der Waals surface area contributed by atoms with Crippen molar-refractivity contribution in [2.45, 2.75) is 60.0 Å². The van der Waals surface area contributed by atoms with Gasteiger partial charge in [0.25, 0.3) is 5.91 Å². The van der Waals surface area contributed by atoms with Crippen LogP contribution in [0, 0.1) is 5.92 Å². The number of nitrogens with one attached hydrogen (secondary N) is 3. The van der Waals surface area contributed by atoms with Gasteiger partial charge in [-0.2, -0.15) is 0 Å². The Bertz CT molecular complexity index is 543. The molecule has 0 aliphatic heterocycles. The van der Waals surface area contributed by atoms with Crippen LogP contribution < -0.4 is 16.0 Å². The van der Waals surface area contributed by atoms with Crippen molar-refractivity contribution in [3.63, 3.8) is 0 Å². The number of rotatable bonds is 9. The average Bonchev–Trinajstić information content (AvgIpc) is 2.58. The Morgan fingerprint density at radius 3 is 2.15 bits per heavy atom. The van der Waals surface area contributed by atoms with Crippen molar-refractivity contribution in [1.82, 2.24) is 16.0 Å². The predicted molar refractivity (Wildman–Crippen MR) is 121 cm³/mol. The molecular formula is C20H35IN4O. The van der Waals surface area contributed by atoms with Gasteiger partial charge < -0.3 is 16.0 Å². The minimum absolute atomic E-state index is 0. The minimum atomic E-state index is -0.0356. The summed E-state index contributed by atoms with van der Waals surface area (Å²) in [4.78, 5) is 16.4. The van der Waals surface area contributed by atoms with Gasteiger partial charge in [0.05, 0.1) is 6.54 Å². The van der Waals surface area contributed by atoms with Crippen LogP contribution in [-0.2, 0) is 6.54 Å². The molecule has 1 aromatic carbocycles. The first-order valence-electron chi connectivity index (χ1n) is 9.38. The normalized spacial score (nSPS) is 12.3. The highest BCUT2D eigenvalue weighted by atomic mass is 127. The smallest absolute Gasteiger partial charge is 0.251 e. The first-order chi connectivity index (χ1) is 12.0. The molecule has 26 heavy (non-hydrogen) atoms. The first-order valence-corrected chi connectivity index (χ1v) is 9.38. The largest absolute Gasteiger partial charge is 0.357 e. The number of carbonyl (C=O) groups is 1. The van der Waals surface area contributed by atoms with Gasteiger partial charge in [0, 0.05) is 24.7 Å². The number of carbonyl (C=O) groups excluding carboxylic acids is 1. The Kier molecular flexibility index (Phi) is 13.1. The Balaban J connectivity index is 0.00000625. The number of hydrogen-bond acceptors (Lipinski definition) is 2. The monoisotopic (exact) mass is 474 g/mol. The molecule has 148 valence electrons. The van der Waals surface area contributed by atoms with Crippen LogP contribution in [-0.4, -0.2) is 31.0 Å². The van der Waals surface area contributed by atoms with E-state index in [1.807, 2.05) is 31.2 Å². The second-order valence-corrected chi connectivity index (χ2v) is 6.77. The molecule has 1 amide bonds. The summed E-state index contributed by atoms with van der Waals surface area (Å²) >= 11 is 0. The first kappa shape index (κ1) is 24.7. The van der Waals surface area contributed by atoms with Gasteiger partial charge in [0.15, 0.2) is 5.96 Å². The molecule has 0 fully saturated rings. The van der Waals surface area contributed by atoms with E-state index >= 15 is 0 Å². The lowest BCUT2D eigenvalue weighted by atomic mass is 10.0. The van der Waals surface area contributed by atoms with E-state index in [-0.39, 0.29) is 29.9 Å². The summed E-state index contributed by atoms with van der Waals surface area (Å²) in [6.07, 6.45) is 2.33. The highest BCUT2D eigenvalue weighted by Gasteiger charge is 2.07. The molecular weight excluding hydrogens is 439 g/mol. The van der Waals surface area contributed by atoms with E-state index < -0.39 is 0 Å². The molecule has 0 saturated carbocycles. The SMILES string of the molecule is CCNC(=O)c1ccc(CN=C(NCC)NC(C)CCC(C)C)cc1.I. The van der Waals surface area contributed by atoms with Crippen molar-refractivity contribution in [2.24, 2.45) is 10.9 Å². The van der Waals surface area contributed by atoms with Crippen LogP contribution in [0.25, 0.3) is 0 Å². The standard InChI is InChI=1S/C20H34N4O.HI/c1-6-21-19(25)18-12-10-17(11-13-18)14-23-20(22-7-2)24-16(5)9-8-15(3)4;/h10-13,15-16H,6-9,14H2,1-5H3,(H,21,25)(H2,22,23,24);1H. The van der Waals surface area contributed by atoms with E-state index in [0.29, 0.717) is 30.6 Å². The van der Waals surface area contributed by atoms with Crippen molar-refractivity contribution in [1.29, 1.82) is 0 Å². The summed E-state index contributed by atoms with van der Waals surface area (Å²) in [7, 11) is 0. The molecule has 5 nitrogen and oxygen atoms in total. The van der Waals surface area contributed by atoms with E-state index in [0.717, 1.165) is 24.5 Å². The second kappa shape index (κ2) is 13.8. The lowest BCUT2D eigenvalue weighted by molar-refractivity contribution is 0.0956. The number of halogens is 1. The third-order valence-electron chi connectivity index (χ3n) is 3.88. The summed E-state index contributed by atoms with van der Waals surface area (Å²) in [6, 6.07) is 8.00. The molecule has 0 spiro atoms. The third-order valence-corrected chi connectivity index (χ3v) is 3.88. The number of aliphatic imine (C=N–C) groups is 1. The van der Waals surface area contributed by atoms with Crippen molar-refractivity contribution in [2.75, 3.05) is 13.1 Å². The summed E-state index contributed by atoms with van der Waals surface area (Å²) < 4.78 is 0. The molecule has 0 aliphatic rings. The quantitative estimate of drug-likeness (QED) is 0.289. The van der Waals surface area contributed by atoms with E-state index in [4.69, 9.17) is 0 Å². The summed E-state index contributed by atoms with van der Waals surface area (Å²) in [5, 5.41) is 9.56. The lowest BCUT2D eigenvalue weighted by Crippen LogP contribution is -2.42. The van der Waals surface area contributed by atoms with E-state index in [1.165, 1.54) is 6.42 Å². The van der Waals surface area contributed by atoms with Crippen LogP contribution in [0.1, 0.15) is 63.4 Å². The van der Waals surface area contributed by atoms with E-state index in [1.54, 1.807) is 0 Å². The van der Waals surface area contributed by atoms with Crippen molar-refractivity contribution < 1.29 is 4.79 Å². The molecule has 1 atom stereocenters. The number of amides is 1. The summed E-state index contributed by atoms with van der Waals surface area (Å²) in [6.45, 7) is 12.7. The molecule has 1 rings (SSSR count). The van der Waals surface area contributed by atoms with Gasteiger partial charge in [-0.15, -0.1) is 24.0 Å². The Hall–Kier alpha value is -1.31. The van der Waals surface area contributed by atoms with Gasteiger partial charge in [-0.05, 0) is 57.2 Å². The van der Waals surface area contributed by atoms with Crippen LogP contribution in [0.5, 0.6) is 0 Å². The minimum Gasteiger partial charge on any atom is -0.357 e. The average molecular weight is 474 g/mol. The zero-order valence-electron chi connectivity index (χ0n) is 16.8. The fraction of sp³-hybridized carbons (Fsp3) is 0.600. The molecule has 0 aliphatic carbocycles. The number of hydrogen-bond donors (Lipinski definition) is 3. The van der Waals surface area contributed by atoms with E-state index in [9.17, 15) is 4.79 Å². The Morgan fingerprint density at radius 2 is 1.62 bits per heavy atom. The topological polar surface area (TPSA) is 65.5 Å². The summed E-state index contributed by atoms with van der Waals surface area (Å²) in [5.74, 6) is 1.52. The number of benzene rings is 1. The summed E-state index contributed by atoms with van der Waals surface area (Å²) in [5.41, 5.74) is 1.77. The van der Waals surface area contributed by atoms with Crippen molar-refractivity contribution in [3.05, 3.63) is 35.4 Å². The van der Waals surface area contributed by atoms with Gasteiger partial charge in [-0.1, -0.05) is 26.0 Å². The molecule has 1 aromatic rings. The van der Waals surface area contributed by atoms with Crippen molar-refractivity contribution >= 4 is 35.8 Å². The molecule has 1 unspecified atom stereocenters. The third kappa shape index (κ3) is 9.99. The fourth-order valence-electron chi connectivity index (χ4n) is 2.40. The van der Waals surface area contributed by atoms with Crippen LogP contribution in [0.3, 0.4) is 0 Å². The molecule has 0 bridgehead atoms. The highest BCUT2D eigenvalue weighted by molar-refractivity contribution is 14.0. The fourth-order valence-corrected chi connectivity index (χ4v) is 2.40. The molecule has 0 heterocycles. The maximum Gasteiger partial charge on any atom is 0.251 e. The zero-order valence-corrected chi connectivity index (χ0v) is 19.1. The zero-order chi connectivity index (χ0) is 18.7. The number of nitrogens with zero attached hydrogens (tertiary/aromatic N) is 1. The maximum atomic E-state index is 11.8. The molecule has 0 saturated heterocycles. The van der Waals surface area contributed by atoms with Gasteiger partial charge in [0.1, 0.15) is 0 Å².